The lowest BCUT2D eigenvalue weighted by atomic mass is 10.2. The van der Waals surface area contributed by atoms with Crippen LogP contribution in [0.1, 0.15) is 12.5 Å². The van der Waals surface area contributed by atoms with Crippen molar-refractivity contribution in [3.63, 3.8) is 0 Å². The fourth-order valence-corrected chi connectivity index (χ4v) is 2.95. The summed E-state index contributed by atoms with van der Waals surface area (Å²) in [6, 6.07) is 11.7. The molecule has 0 saturated carbocycles. The van der Waals surface area contributed by atoms with E-state index in [1.807, 2.05) is 0 Å². The van der Waals surface area contributed by atoms with Crippen LogP contribution < -0.4 is 8.92 Å². The molecule has 2 aromatic carbocycles. The van der Waals surface area contributed by atoms with Crippen LogP contribution in [0.15, 0.2) is 48.5 Å². The summed E-state index contributed by atoms with van der Waals surface area (Å²) < 4.78 is 34.7. The molecule has 0 heterocycles. The summed E-state index contributed by atoms with van der Waals surface area (Å²) in [5, 5.41) is 10.6. The van der Waals surface area contributed by atoms with Gasteiger partial charge in [0.05, 0.1) is 11.5 Å². The number of hydrogen-bond donors (Lipinski definition) is 0. The normalized spacial score (nSPS) is 11.0. The zero-order valence-corrected chi connectivity index (χ0v) is 13.2. The third-order valence-corrected chi connectivity index (χ3v) is 3.98. The number of non-ortho nitro benzene ring substituents is 1. The Hall–Kier alpha value is -2.61. The first-order valence-electron chi connectivity index (χ1n) is 6.78. The molecule has 0 radical (unpaired) electrons. The summed E-state index contributed by atoms with van der Waals surface area (Å²) in [4.78, 5) is 10.0. The van der Waals surface area contributed by atoms with Gasteiger partial charge in [-0.2, -0.15) is 8.42 Å². The third-order valence-electron chi connectivity index (χ3n) is 2.86. The molecule has 0 amide bonds. The summed E-state index contributed by atoms with van der Waals surface area (Å²) in [7, 11) is -3.91. The number of nitro groups is 1. The minimum absolute atomic E-state index is 0.103. The van der Waals surface area contributed by atoms with Crippen molar-refractivity contribution >= 4 is 15.8 Å². The van der Waals surface area contributed by atoms with Crippen molar-refractivity contribution in [2.45, 2.75) is 12.7 Å². The van der Waals surface area contributed by atoms with Crippen molar-refractivity contribution in [2.75, 3.05) is 6.61 Å². The van der Waals surface area contributed by atoms with E-state index >= 15 is 0 Å². The van der Waals surface area contributed by atoms with Crippen LogP contribution in [0.3, 0.4) is 0 Å². The first-order chi connectivity index (χ1) is 10.9. The Labute approximate surface area is 133 Å². The maximum atomic E-state index is 12.1. The molecular weight excluding hydrogens is 322 g/mol. The second-order valence-corrected chi connectivity index (χ2v) is 6.16. The van der Waals surface area contributed by atoms with E-state index in [0.29, 0.717) is 17.9 Å². The standard InChI is InChI=1S/C15H15NO6S/c1-2-21-14-5-3-4-6-15(14)22-23(19,20)11-12-7-9-13(10-8-12)16(17)18/h3-10H,2,11H2,1H3. The van der Waals surface area contributed by atoms with Crippen LogP contribution >= 0.6 is 0 Å². The number of hydrogen-bond acceptors (Lipinski definition) is 6. The van der Waals surface area contributed by atoms with Gasteiger partial charge in [-0.1, -0.05) is 24.3 Å². The van der Waals surface area contributed by atoms with Crippen LogP contribution in [-0.2, 0) is 15.9 Å². The molecule has 0 aromatic heterocycles. The van der Waals surface area contributed by atoms with Gasteiger partial charge in [0, 0.05) is 12.1 Å². The highest BCUT2D eigenvalue weighted by Gasteiger charge is 2.17. The Kier molecular flexibility index (Phi) is 5.17. The molecule has 0 aliphatic heterocycles. The Balaban J connectivity index is 2.15. The molecule has 2 rings (SSSR count). The zero-order chi connectivity index (χ0) is 16.9. The average molecular weight is 337 g/mol. The molecule has 2 aromatic rings. The van der Waals surface area contributed by atoms with Gasteiger partial charge in [0.15, 0.2) is 11.5 Å². The summed E-state index contributed by atoms with van der Waals surface area (Å²) in [5.74, 6) is 0.0457. The van der Waals surface area contributed by atoms with E-state index in [0.717, 1.165) is 0 Å². The molecule has 0 N–H and O–H groups in total. The molecular formula is C15H15NO6S. The van der Waals surface area contributed by atoms with E-state index in [4.69, 9.17) is 8.92 Å². The number of nitro benzene ring substituents is 1. The first kappa shape index (κ1) is 16.8. The van der Waals surface area contributed by atoms with Crippen LogP contribution in [0.4, 0.5) is 5.69 Å². The molecule has 7 nitrogen and oxygen atoms in total. The van der Waals surface area contributed by atoms with E-state index in [1.54, 1.807) is 25.1 Å². The molecule has 0 atom stereocenters. The van der Waals surface area contributed by atoms with E-state index in [2.05, 4.69) is 0 Å². The van der Waals surface area contributed by atoms with Crippen LogP contribution in [0.2, 0.25) is 0 Å². The largest absolute Gasteiger partial charge is 0.490 e. The Morgan fingerprint density at radius 2 is 1.65 bits per heavy atom. The van der Waals surface area contributed by atoms with Crippen molar-refractivity contribution in [2.24, 2.45) is 0 Å². The predicted molar refractivity (Wildman–Crippen MR) is 84.0 cm³/mol. The fraction of sp³-hybridized carbons (Fsp3) is 0.200. The highest BCUT2D eigenvalue weighted by molar-refractivity contribution is 7.86. The zero-order valence-electron chi connectivity index (χ0n) is 12.3. The Morgan fingerprint density at radius 3 is 2.22 bits per heavy atom. The fourth-order valence-electron chi connectivity index (χ4n) is 1.88. The second-order valence-electron chi connectivity index (χ2n) is 4.59. The predicted octanol–water partition coefficient (Wildman–Crippen LogP) is 2.90. The molecule has 8 heteroatoms. The SMILES string of the molecule is CCOc1ccccc1OS(=O)(=O)Cc1ccc([N+](=O)[O-])cc1. The van der Waals surface area contributed by atoms with E-state index in [-0.39, 0.29) is 11.4 Å². The average Bonchev–Trinajstić information content (AvgIpc) is 2.49. The Bertz CT molecular complexity index is 786. The van der Waals surface area contributed by atoms with Crippen molar-refractivity contribution in [3.05, 3.63) is 64.2 Å². The maximum Gasteiger partial charge on any atom is 0.313 e. The lowest BCUT2D eigenvalue weighted by Crippen LogP contribution is -2.13. The molecule has 0 aliphatic carbocycles. The Morgan fingerprint density at radius 1 is 1.04 bits per heavy atom. The number of rotatable bonds is 7. The van der Waals surface area contributed by atoms with Crippen molar-refractivity contribution in [1.82, 2.24) is 0 Å². The first-order valence-corrected chi connectivity index (χ1v) is 8.36. The van der Waals surface area contributed by atoms with Gasteiger partial charge in [0.25, 0.3) is 5.69 Å². The van der Waals surface area contributed by atoms with Crippen LogP contribution in [-0.4, -0.2) is 19.9 Å². The summed E-state index contributed by atoms with van der Waals surface area (Å²) in [5.41, 5.74) is 0.290. The quantitative estimate of drug-likeness (QED) is 0.438. The minimum atomic E-state index is -3.91. The van der Waals surface area contributed by atoms with Crippen molar-refractivity contribution in [3.8, 4) is 11.5 Å². The monoisotopic (exact) mass is 337 g/mol. The van der Waals surface area contributed by atoms with Crippen molar-refractivity contribution in [1.29, 1.82) is 0 Å². The summed E-state index contributed by atoms with van der Waals surface area (Å²) >= 11 is 0. The number of ether oxygens (including phenoxy) is 1. The number of nitrogens with zero attached hydrogens (tertiary/aromatic N) is 1. The van der Waals surface area contributed by atoms with Crippen molar-refractivity contribution < 1.29 is 22.3 Å². The molecule has 0 saturated heterocycles. The van der Waals surface area contributed by atoms with Crippen LogP contribution in [0.5, 0.6) is 11.5 Å². The third kappa shape index (κ3) is 4.68. The van der Waals surface area contributed by atoms with Gasteiger partial charge in [-0.05, 0) is 24.6 Å². The van der Waals surface area contributed by atoms with E-state index < -0.39 is 20.8 Å². The molecule has 0 spiro atoms. The van der Waals surface area contributed by atoms with Gasteiger partial charge in [-0.25, -0.2) is 0 Å². The molecule has 122 valence electrons. The summed E-state index contributed by atoms with van der Waals surface area (Å²) in [6.07, 6.45) is 0. The maximum absolute atomic E-state index is 12.1. The molecule has 0 aliphatic rings. The van der Waals surface area contributed by atoms with Crippen LogP contribution in [0.25, 0.3) is 0 Å². The second kappa shape index (κ2) is 7.10. The number of para-hydroxylation sites is 2. The van der Waals surface area contributed by atoms with Gasteiger partial charge < -0.3 is 8.92 Å². The number of benzene rings is 2. The lowest BCUT2D eigenvalue weighted by molar-refractivity contribution is -0.384. The van der Waals surface area contributed by atoms with E-state index in [9.17, 15) is 18.5 Å². The lowest BCUT2D eigenvalue weighted by Gasteiger charge is -2.11. The van der Waals surface area contributed by atoms with Gasteiger partial charge in [0.2, 0.25) is 0 Å². The topological polar surface area (TPSA) is 95.7 Å². The molecule has 23 heavy (non-hydrogen) atoms. The highest BCUT2D eigenvalue weighted by Crippen LogP contribution is 2.28. The van der Waals surface area contributed by atoms with Gasteiger partial charge in [0.1, 0.15) is 5.75 Å². The molecule has 0 fully saturated rings. The van der Waals surface area contributed by atoms with E-state index in [1.165, 1.54) is 30.3 Å². The summed E-state index contributed by atoms with van der Waals surface area (Å²) in [6.45, 7) is 2.16. The molecule has 0 bridgehead atoms. The van der Waals surface area contributed by atoms with Gasteiger partial charge in [-0.15, -0.1) is 0 Å². The van der Waals surface area contributed by atoms with Gasteiger partial charge in [-0.3, -0.25) is 10.1 Å². The minimum Gasteiger partial charge on any atom is -0.490 e. The smallest absolute Gasteiger partial charge is 0.313 e. The molecule has 0 unspecified atom stereocenters. The van der Waals surface area contributed by atoms with Crippen LogP contribution in [0, 0.1) is 10.1 Å². The highest BCUT2D eigenvalue weighted by atomic mass is 32.2. The van der Waals surface area contributed by atoms with Gasteiger partial charge >= 0.3 is 10.1 Å².